The molecule has 4 rings (SSSR count). The van der Waals surface area contributed by atoms with Crippen LogP contribution in [0.3, 0.4) is 0 Å². The minimum atomic E-state index is -0.647. The molecule has 1 aliphatic rings. The van der Waals surface area contributed by atoms with Crippen LogP contribution in [0.4, 0.5) is 5.82 Å². The second-order valence-corrected chi connectivity index (χ2v) is 8.61. The zero-order chi connectivity index (χ0) is 26.2. The predicted molar refractivity (Wildman–Crippen MR) is 144 cm³/mol. The van der Waals surface area contributed by atoms with Crippen molar-refractivity contribution in [1.29, 1.82) is 5.41 Å². The summed E-state index contributed by atoms with van der Waals surface area (Å²) < 4.78 is 16.7. The number of carbonyl (C=O) groups is 1. The van der Waals surface area contributed by atoms with Crippen molar-refractivity contribution in [2.24, 2.45) is 0 Å². The van der Waals surface area contributed by atoms with Crippen molar-refractivity contribution in [1.82, 2.24) is 10.3 Å². The molecule has 0 fully saturated rings. The van der Waals surface area contributed by atoms with Crippen molar-refractivity contribution in [3.05, 3.63) is 88.3 Å². The normalized spacial score (nSPS) is 13.2. The van der Waals surface area contributed by atoms with Gasteiger partial charge in [0.15, 0.2) is 0 Å². The minimum Gasteiger partial charge on any atom is -0.488 e. The van der Waals surface area contributed by atoms with Gasteiger partial charge < -0.3 is 30.3 Å². The predicted octanol–water partition coefficient (Wildman–Crippen LogP) is 4.76. The van der Waals surface area contributed by atoms with Crippen LogP contribution in [0.25, 0.3) is 11.3 Å². The maximum absolute atomic E-state index is 12.2. The van der Waals surface area contributed by atoms with Crippen LogP contribution in [0.15, 0.2) is 66.1 Å². The minimum absolute atomic E-state index is 0.0306. The number of esters is 1. The van der Waals surface area contributed by atoms with E-state index in [1.54, 1.807) is 13.0 Å². The van der Waals surface area contributed by atoms with Gasteiger partial charge >= 0.3 is 5.97 Å². The van der Waals surface area contributed by atoms with Crippen LogP contribution in [0.5, 0.6) is 5.75 Å². The number of methoxy groups -OCH3 is 1. The first kappa shape index (κ1) is 25.9. The number of fused-ring (bicyclic) bond motifs is 1. The van der Waals surface area contributed by atoms with Gasteiger partial charge in [0, 0.05) is 18.3 Å². The SMILES string of the molecule is CCOC(=O)/C(C=N)=C(/Nc1cccc(-c2cccc(C)c2OCc2ccc3c(c2)CCNC3)n1)OC. The summed E-state index contributed by atoms with van der Waals surface area (Å²) in [7, 11) is 1.42. The molecule has 2 aromatic carbocycles. The average molecular weight is 501 g/mol. The fourth-order valence-electron chi connectivity index (χ4n) is 4.25. The molecule has 0 radical (unpaired) electrons. The van der Waals surface area contributed by atoms with Crippen molar-refractivity contribution >= 4 is 18.0 Å². The third-order valence-electron chi connectivity index (χ3n) is 6.11. The Labute approximate surface area is 217 Å². The number of nitrogens with one attached hydrogen (secondary N) is 3. The van der Waals surface area contributed by atoms with Crippen LogP contribution >= 0.6 is 0 Å². The molecular formula is C29H32N4O4. The summed E-state index contributed by atoms with van der Waals surface area (Å²) in [6.07, 6.45) is 1.92. The topological polar surface area (TPSA) is 106 Å². The van der Waals surface area contributed by atoms with E-state index in [2.05, 4.69) is 28.8 Å². The lowest BCUT2D eigenvalue weighted by molar-refractivity contribution is -0.138. The molecule has 192 valence electrons. The van der Waals surface area contributed by atoms with E-state index in [1.807, 2.05) is 37.3 Å². The van der Waals surface area contributed by atoms with Gasteiger partial charge in [-0.15, -0.1) is 0 Å². The van der Waals surface area contributed by atoms with Gasteiger partial charge in [0.05, 0.1) is 19.4 Å². The van der Waals surface area contributed by atoms with Gasteiger partial charge in [-0.1, -0.05) is 36.4 Å². The van der Waals surface area contributed by atoms with E-state index in [0.717, 1.165) is 48.2 Å². The molecule has 0 unspecified atom stereocenters. The highest BCUT2D eigenvalue weighted by atomic mass is 16.5. The zero-order valence-electron chi connectivity index (χ0n) is 21.4. The lowest BCUT2D eigenvalue weighted by Crippen LogP contribution is -2.23. The number of aromatic nitrogens is 1. The molecule has 8 nitrogen and oxygen atoms in total. The van der Waals surface area contributed by atoms with E-state index >= 15 is 0 Å². The Bertz CT molecular complexity index is 1320. The van der Waals surface area contributed by atoms with Gasteiger partial charge in [-0.25, -0.2) is 9.78 Å². The van der Waals surface area contributed by atoms with Crippen LogP contribution in [0, 0.1) is 12.3 Å². The van der Waals surface area contributed by atoms with E-state index in [0.29, 0.717) is 18.1 Å². The fourth-order valence-corrected chi connectivity index (χ4v) is 4.25. The highest BCUT2D eigenvalue weighted by Crippen LogP contribution is 2.33. The number of pyridine rings is 1. The van der Waals surface area contributed by atoms with Crippen molar-refractivity contribution in [2.45, 2.75) is 33.4 Å². The molecule has 2 heterocycles. The number of hydrogen-bond acceptors (Lipinski definition) is 8. The van der Waals surface area contributed by atoms with Crippen molar-refractivity contribution < 1.29 is 19.0 Å². The number of rotatable bonds is 10. The highest BCUT2D eigenvalue weighted by Gasteiger charge is 2.18. The number of para-hydroxylation sites is 1. The van der Waals surface area contributed by atoms with Crippen LogP contribution in [-0.2, 0) is 33.8 Å². The maximum atomic E-state index is 12.2. The third kappa shape index (κ3) is 6.16. The lowest BCUT2D eigenvalue weighted by atomic mass is 9.99. The fraction of sp³-hybridized carbons (Fsp3) is 0.276. The Balaban J connectivity index is 1.59. The molecule has 1 aromatic heterocycles. The molecule has 0 amide bonds. The Kier molecular flexibility index (Phi) is 8.53. The van der Waals surface area contributed by atoms with Gasteiger partial charge in [0.25, 0.3) is 0 Å². The van der Waals surface area contributed by atoms with E-state index in [4.69, 9.17) is 24.6 Å². The van der Waals surface area contributed by atoms with Crippen LogP contribution in [-0.4, -0.2) is 37.4 Å². The number of ether oxygens (including phenoxy) is 3. The monoisotopic (exact) mass is 500 g/mol. The van der Waals surface area contributed by atoms with Gasteiger partial charge in [-0.2, -0.15) is 0 Å². The van der Waals surface area contributed by atoms with Crippen molar-refractivity contribution in [3.63, 3.8) is 0 Å². The highest BCUT2D eigenvalue weighted by molar-refractivity contribution is 6.09. The molecule has 1 aliphatic heterocycles. The zero-order valence-corrected chi connectivity index (χ0v) is 21.4. The summed E-state index contributed by atoms with van der Waals surface area (Å²) in [6, 6.07) is 18.0. The average Bonchev–Trinajstić information content (AvgIpc) is 2.92. The van der Waals surface area contributed by atoms with Crippen LogP contribution in [0.2, 0.25) is 0 Å². The first-order valence-electron chi connectivity index (χ1n) is 12.3. The van der Waals surface area contributed by atoms with E-state index in [1.165, 1.54) is 18.2 Å². The van der Waals surface area contributed by atoms with Gasteiger partial charge in [-0.05, 0) is 67.3 Å². The third-order valence-corrected chi connectivity index (χ3v) is 6.11. The second kappa shape index (κ2) is 12.2. The lowest BCUT2D eigenvalue weighted by Gasteiger charge is -2.19. The first-order chi connectivity index (χ1) is 18.0. The molecule has 0 saturated heterocycles. The summed E-state index contributed by atoms with van der Waals surface area (Å²) in [5.41, 5.74) is 6.38. The molecule has 8 heteroatoms. The second-order valence-electron chi connectivity index (χ2n) is 8.61. The number of hydrogen-bond donors (Lipinski definition) is 3. The number of carbonyl (C=O) groups excluding carboxylic acids is 1. The van der Waals surface area contributed by atoms with Gasteiger partial charge in [0.2, 0.25) is 5.88 Å². The van der Waals surface area contributed by atoms with Crippen LogP contribution in [0.1, 0.15) is 29.2 Å². The molecule has 0 aliphatic carbocycles. The molecule has 37 heavy (non-hydrogen) atoms. The van der Waals surface area contributed by atoms with Crippen LogP contribution < -0.4 is 15.4 Å². The van der Waals surface area contributed by atoms with Crippen molar-refractivity contribution in [3.8, 4) is 17.0 Å². The molecule has 3 aromatic rings. The van der Waals surface area contributed by atoms with E-state index in [9.17, 15) is 4.79 Å². The Morgan fingerprint density at radius 2 is 2.00 bits per heavy atom. The summed E-state index contributed by atoms with van der Waals surface area (Å²) in [4.78, 5) is 16.9. The summed E-state index contributed by atoms with van der Waals surface area (Å²) in [5, 5.41) is 14.0. The standard InChI is InChI=1S/C29H32N4O4/c1-4-36-29(34)24(16-30)28(35-3)33-26-10-6-9-25(32-26)23-8-5-7-19(2)27(23)37-18-20-11-12-22-17-31-14-13-21(22)15-20/h5-12,15-16,30-31H,4,13-14,17-18H2,1-3H3,(H,32,33)/b28-24-,30-16?. The number of benzene rings is 2. The summed E-state index contributed by atoms with van der Waals surface area (Å²) in [5.74, 6) is 0.654. The molecule has 0 atom stereocenters. The van der Waals surface area contributed by atoms with Gasteiger partial charge in [-0.3, -0.25) is 0 Å². The summed E-state index contributed by atoms with van der Waals surface area (Å²) in [6.45, 7) is 6.27. The van der Waals surface area contributed by atoms with E-state index < -0.39 is 5.97 Å². The van der Waals surface area contributed by atoms with Crippen molar-refractivity contribution in [2.75, 3.05) is 25.6 Å². The molecule has 0 saturated carbocycles. The molecule has 3 N–H and O–H groups in total. The molecular weight excluding hydrogens is 468 g/mol. The molecule has 0 bridgehead atoms. The smallest absolute Gasteiger partial charge is 0.345 e. The Morgan fingerprint density at radius 1 is 1.16 bits per heavy atom. The number of nitrogens with zero attached hydrogens (tertiary/aromatic N) is 1. The number of anilines is 1. The summed E-state index contributed by atoms with van der Waals surface area (Å²) >= 11 is 0. The number of aryl methyl sites for hydroxylation is 1. The Hall–Kier alpha value is -4.17. The first-order valence-corrected chi connectivity index (χ1v) is 12.3. The van der Waals surface area contributed by atoms with E-state index in [-0.39, 0.29) is 18.1 Å². The maximum Gasteiger partial charge on any atom is 0.345 e. The molecule has 0 spiro atoms. The quantitative estimate of drug-likeness (QED) is 0.159. The Morgan fingerprint density at radius 3 is 2.78 bits per heavy atom. The largest absolute Gasteiger partial charge is 0.488 e. The van der Waals surface area contributed by atoms with Gasteiger partial charge in [0.1, 0.15) is 23.7 Å².